The Bertz CT molecular complexity index is 615. The average Bonchev–Trinajstić information content (AvgIpc) is 3.02. The fourth-order valence-corrected chi connectivity index (χ4v) is 8.72. The van der Waals surface area contributed by atoms with Gasteiger partial charge in [0, 0.05) is 18.1 Å². The molecule has 1 rings (SSSR count). The Kier molecular flexibility index (Phi) is 36.6. The molecule has 1 aromatic heterocycles. The minimum Gasteiger partial charge on any atom is -0.337 e. The lowest BCUT2D eigenvalue weighted by molar-refractivity contribution is 0.307. The summed E-state index contributed by atoms with van der Waals surface area (Å²) >= 11 is 6.86. The lowest BCUT2D eigenvalue weighted by atomic mass is 10.0. The van der Waals surface area contributed by atoms with E-state index >= 15 is 0 Å². The molecule has 1 heterocycles. The van der Waals surface area contributed by atoms with Crippen LogP contribution in [0.3, 0.4) is 0 Å². The van der Waals surface area contributed by atoms with Gasteiger partial charge in [0.1, 0.15) is 0 Å². The molecular weight excluding hydrogens is 586 g/mol. The number of hydrogen-bond acceptors (Lipinski definition) is 4. The molecule has 254 valence electrons. The molecule has 1 aromatic rings. The van der Waals surface area contributed by atoms with Gasteiger partial charge in [-0.2, -0.15) is 0 Å². The number of rotatable bonds is 32. The van der Waals surface area contributed by atoms with Gasteiger partial charge < -0.3 is 9.42 Å². The third kappa shape index (κ3) is 38.2. The molecule has 0 aliphatic rings. The lowest BCUT2D eigenvalue weighted by Gasteiger charge is -2.14. The first-order valence-corrected chi connectivity index (χ1v) is 22.9. The predicted molar refractivity (Wildman–Crippen MR) is 200 cm³/mol. The van der Waals surface area contributed by atoms with Crippen molar-refractivity contribution in [3.8, 4) is 0 Å². The molecule has 0 spiro atoms. The smallest absolute Gasteiger partial charge is 0.244 e. The highest BCUT2D eigenvalue weighted by Gasteiger charge is 2.13. The fourth-order valence-electron chi connectivity index (χ4n) is 5.30. The Morgan fingerprint density at radius 1 is 0.512 bits per heavy atom. The van der Waals surface area contributed by atoms with E-state index in [1.54, 1.807) is 12.4 Å². The standard InChI is InChI=1S/C32H67O2PS2.C5H5N/c1-3-5-7-9-11-13-15-17-19-21-23-25-27-29-31-34-35(33,36)37-32-30-28-26-24-22-20-18-16-14-12-10-8-6-4-2;1-2-4-6-5-3-1/h3-32H2,1-2H3,(H,33,36);1-5H. The molecule has 0 saturated carbocycles. The highest BCUT2D eigenvalue weighted by Crippen LogP contribution is 2.56. The number of pyridine rings is 1. The molecule has 0 amide bonds. The minimum absolute atomic E-state index is 0.636. The zero-order valence-corrected chi connectivity index (χ0v) is 31.2. The average molecular weight is 658 g/mol. The monoisotopic (exact) mass is 657 g/mol. The number of nitrogens with zero attached hydrogens (tertiary/aromatic N) is 1. The predicted octanol–water partition coefficient (Wildman–Crippen LogP) is 14.0. The van der Waals surface area contributed by atoms with Crippen molar-refractivity contribution < 1.29 is 9.42 Å². The molecule has 6 heteroatoms. The van der Waals surface area contributed by atoms with Gasteiger partial charge >= 0.3 is 0 Å². The largest absolute Gasteiger partial charge is 0.337 e. The van der Waals surface area contributed by atoms with Gasteiger partial charge in [-0.1, -0.05) is 198 Å². The highest BCUT2D eigenvalue weighted by atomic mass is 32.9. The zero-order valence-electron chi connectivity index (χ0n) is 28.7. The van der Waals surface area contributed by atoms with E-state index in [1.165, 1.54) is 178 Å². The molecule has 0 fully saturated rings. The van der Waals surface area contributed by atoms with Crippen LogP contribution in [0.25, 0.3) is 0 Å². The van der Waals surface area contributed by atoms with E-state index in [9.17, 15) is 4.89 Å². The maximum absolute atomic E-state index is 10.4. The van der Waals surface area contributed by atoms with Crippen molar-refractivity contribution in [1.29, 1.82) is 0 Å². The molecule has 43 heavy (non-hydrogen) atoms. The van der Waals surface area contributed by atoms with E-state index in [2.05, 4.69) is 18.8 Å². The molecule has 0 aliphatic heterocycles. The van der Waals surface area contributed by atoms with Crippen LogP contribution in [0.5, 0.6) is 0 Å². The Morgan fingerprint density at radius 3 is 1.14 bits per heavy atom. The topological polar surface area (TPSA) is 42.4 Å². The van der Waals surface area contributed by atoms with Crippen LogP contribution in [0.1, 0.15) is 194 Å². The highest BCUT2D eigenvalue weighted by molar-refractivity contribution is 8.67. The third-order valence-corrected chi connectivity index (χ3v) is 12.5. The summed E-state index contributed by atoms with van der Waals surface area (Å²) in [7, 11) is 0. The molecule has 0 radical (unpaired) electrons. The van der Waals surface area contributed by atoms with Crippen molar-refractivity contribution in [2.24, 2.45) is 0 Å². The first-order valence-electron chi connectivity index (χ1n) is 18.6. The van der Waals surface area contributed by atoms with Crippen molar-refractivity contribution in [3.63, 3.8) is 0 Å². The summed E-state index contributed by atoms with van der Waals surface area (Å²) in [6.45, 7) is 5.21. The van der Waals surface area contributed by atoms with E-state index in [0.717, 1.165) is 18.6 Å². The summed E-state index contributed by atoms with van der Waals surface area (Å²) in [4.78, 5) is 14.2. The van der Waals surface area contributed by atoms with E-state index in [-0.39, 0.29) is 0 Å². The molecule has 0 aromatic carbocycles. The van der Waals surface area contributed by atoms with Crippen LogP contribution in [-0.4, -0.2) is 22.2 Å². The maximum atomic E-state index is 10.4. The van der Waals surface area contributed by atoms with Gasteiger partial charge in [0.15, 0.2) is 0 Å². The Morgan fingerprint density at radius 2 is 0.837 bits per heavy atom. The quantitative estimate of drug-likeness (QED) is 0.0617. The van der Waals surface area contributed by atoms with Gasteiger partial charge in [0.25, 0.3) is 0 Å². The lowest BCUT2D eigenvalue weighted by Crippen LogP contribution is -1.92. The Hall–Kier alpha value is 0.0700. The normalized spacial score (nSPS) is 12.5. The van der Waals surface area contributed by atoms with Crippen LogP contribution < -0.4 is 0 Å². The number of unbranched alkanes of at least 4 members (excludes halogenated alkanes) is 26. The second-order valence-corrected chi connectivity index (χ2v) is 18.7. The van der Waals surface area contributed by atoms with E-state index in [0.29, 0.717) is 6.61 Å². The summed E-state index contributed by atoms with van der Waals surface area (Å²) in [5.74, 6) is 0.949. The van der Waals surface area contributed by atoms with Crippen molar-refractivity contribution in [2.75, 3.05) is 12.4 Å². The van der Waals surface area contributed by atoms with E-state index in [4.69, 9.17) is 16.3 Å². The van der Waals surface area contributed by atoms with Crippen molar-refractivity contribution in [1.82, 2.24) is 4.98 Å². The first-order chi connectivity index (χ1) is 21.1. The van der Waals surface area contributed by atoms with Crippen LogP contribution in [0.4, 0.5) is 0 Å². The molecule has 3 nitrogen and oxygen atoms in total. The van der Waals surface area contributed by atoms with Crippen LogP contribution in [-0.2, 0) is 16.3 Å². The maximum Gasteiger partial charge on any atom is 0.244 e. The third-order valence-electron chi connectivity index (χ3n) is 8.07. The molecule has 0 saturated heterocycles. The van der Waals surface area contributed by atoms with Gasteiger partial charge in [-0.05, 0) is 36.8 Å². The summed E-state index contributed by atoms with van der Waals surface area (Å²) in [5, 5.41) is 0. The first kappa shape index (κ1) is 43.1. The second kappa shape index (κ2) is 36.5. The fraction of sp³-hybridized carbons (Fsp3) is 0.865. The Balaban J connectivity index is 0.00000259. The number of hydrogen-bond donors (Lipinski definition) is 1. The molecule has 0 aliphatic carbocycles. The van der Waals surface area contributed by atoms with Crippen LogP contribution >= 0.6 is 17.1 Å². The summed E-state index contributed by atoms with van der Waals surface area (Å²) in [6, 6.07) is 5.72. The zero-order chi connectivity index (χ0) is 31.4. The van der Waals surface area contributed by atoms with Crippen LogP contribution in [0.15, 0.2) is 30.6 Å². The summed E-state index contributed by atoms with van der Waals surface area (Å²) in [6.07, 6.45) is 41.8. The molecule has 1 atom stereocenters. The molecular formula is C37H72NO2PS2. The summed E-state index contributed by atoms with van der Waals surface area (Å²) in [5.41, 5.74) is -2.62. The van der Waals surface area contributed by atoms with Crippen LogP contribution in [0, 0.1) is 0 Å². The van der Waals surface area contributed by atoms with Crippen molar-refractivity contribution >= 4 is 28.9 Å². The van der Waals surface area contributed by atoms with E-state index in [1.807, 2.05) is 18.2 Å². The van der Waals surface area contributed by atoms with Gasteiger partial charge in [0.05, 0.1) is 6.61 Å². The molecule has 0 bridgehead atoms. The van der Waals surface area contributed by atoms with Gasteiger partial charge in [-0.3, -0.25) is 4.98 Å². The second-order valence-electron chi connectivity index (χ2n) is 12.4. The minimum atomic E-state index is -2.62. The van der Waals surface area contributed by atoms with Gasteiger partial charge in [-0.25, -0.2) is 0 Å². The van der Waals surface area contributed by atoms with Gasteiger partial charge in [0.2, 0.25) is 5.69 Å². The van der Waals surface area contributed by atoms with Crippen LogP contribution in [0.2, 0.25) is 0 Å². The molecule has 1 unspecified atom stereocenters. The Labute approximate surface area is 278 Å². The SMILES string of the molecule is CCCCCCCCCCCCCCCCOP(O)(=S)SCCCCCCCCCCCCCCCC.c1ccncc1. The number of aromatic nitrogens is 1. The van der Waals surface area contributed by atoms with Crippen molar-refractivity contribution in [2.45, 2.75) is 194 Å². The van der Waals surface area contributed by atoms with Gasteiger partial charge in [-0.15, -0.1) is 0 Å². The molecule has 1 N–H and O–H groups in total. The van der Waals surface area contributed by atoms with Crippen molar-refractivity contribution in [3.05, 3.63) is 30.6 Å². The summed E-state index contributed by atoms with van der Waals surface area (Å²) < 4.78 is 5.70. The van der Waals surface area contributed by atoms with E-state index < -0.39 is 5.69 Å².